The topological polar surface area (TPSA) is 79.3 Å². The van der Waals surface area contributed by atoms with Gasteiger partial charge in [0.25, 0.3) is 17.4 Å². The van der Waals surface area contributed by atoms with Gasteiger partial charge >= 0.3 is 0 Å². The van der Waals surface area contributed by atoms with Crippen LogP contribution in [0.25, 0.3) is 10.9 Å². The minimum absolute atomic E-state index is 0.131. The van der Waals surface area contributed by atoms with E-state index in [1.165, 1.54) is 16.5 Å². The van der Waals surface area contributed by atoms with Crippen molar-refractivity contribution in [3.63, 3.8) is 0 Å². The molecular weight excluding hydrogens is 472 g/mol. The summed E-state index contributed by atoms with van der Waals surface area (Å²) < 4.78 is 31.6. The Labute approximate surface area is 207 Å². The average Bonchev–Trinajstić information content (AvgIpc) is 2.82. The molecule has 1 amide bonds. The monoisotopic (exact) mass is 501 g/mol. The van der Waals surface area contributed by atoms with Gasteiger partial charge in [-0.2, -0.15) is 0 Å². The van der Waals surface area contributed by atoms with Crippen molar-refractivity contribution in [1.29, 1.82) is 0 Å². The highest BCUT2D eigenvalue weighted by molar-refractivity contribution is 7.97. The van der Waals surface area contributed by atoms with Crippen LogP contribution in [0.1, 0.15) is 47.3 Å². The lowest BCUT2D eigenvalue weighted by Gasteiger charge is -2.33. The molecule has 10 heteroatoms. The van der Waals surface area contributed by atoms with Crippen molar-refractivity contribution in [2.24, 2.45) is 7.05 Å². The molecule has 3 aromatic rings. The third-order valence-electron chi connectivity index (χ3n) is 6.31. The number of halogens is 2. The van der Waals surface area contributed by atoms with Crippen molar-refractivity contribution in [1.82, 2.24) is 14.3 Å². The number of hydrogen-bond donors (Lipinski definition) is 2. The fourth-order valence-corrected chi connectivity index (χ4v) is 4.75. The second-order valence-corrected chi connectivity index (χ2v) is 9.53. The number of nitrogens with one attached hydrogen (secondary N) is 2. The van der Waals surface area contributed by atoms with Crippen LogP contribution in [-0.4, -0.2) is 40.7 Å². The van der Waals surface area contributed by atoms with E-state index in [9.17, 15) is 18.4 Å². The number of amides is 1. The molecule has 1 atom stereocenters. The molecule has 2 heterocycles. The molecule has 4 rings (SSSR count). The third kappa shape index (κ3) is 5.12. The summed E-state index contributed by atoms with van der Waals surface area (Å²) in [5.74, 6) is -2.52. The molecule has 1 aliphatic rings. The van der Waals surface area contributed by atoms with E-state index in [1.54, 1.807) is 36.4 Å². The summed E-state index contributed by atoms with van der Waals surface area (Å²) in [7, 11) is 1.63. The summed E-state index contributed by atoms with van der Waals surface area (Å²) in [5.41, 5.74) is 3.16. The molecule has 0 aliphatic carbocycles. The standard InChI is InChI=1S/C25H29F2N5O2S/c1-15-13-18(16(2)28-20-8-6-5-7-17(20)22(33)30-35-4)21-19(14-15)23(34)31(3)24(29-21)32-11-9-25(26,27)10-12-32/h5-8,13-14,16,28H,9-12H2,1-4H3,(H,30,33). The lowest BCUT2D eigenvalue weighted by atomic mass is 10.0. The maximum absolute atomic E-state index is 13.7. The van der Waals surface area contributed by atoms with E-state index >= 15 is 0 Å². The van der Waals surface area contributed by atoms with Crippen LogP contribution in [0, 0.1) is 6.92 Å². The van der Waals surface area contributed by atoms with E-state index in [4.69, 9.17) is 4.98 Å². The molecule has 2 N–H and O–H groups in total. The Hall–Kier alpha value is -3.14. The highest BCUT2D eigenvalue weighted by Gasteiger charge is 2.35. The van der Waals surface area contributed by atoms with Crippen molar-refractivity contribution in [3.05, 3.63) is 63.4 Å². The summed E-state index contributed by atoms with van der Waals surface area (Å²) in [6.07, 6.45) is 1.24. The number of carbonyl (C=O) groups excluding carboxylic acids is 1. The number of anilines is 2. The molecule has 1 unspecified atom stereocenters. The fourth-order valence-electron chi connectivity index (χ4n) is 4.45. The van der Waals surface area contributed by atoms with Gasteiger partial charge in [-0.05, 0) is 37.6 Å². The number of rotatable bonds is 6. The number of para-hydroxylation sites is 1. The third-order valence-corrected chi connectivity index (χ3v) is 6.70. The van der Waals surface area contributed by atoms with Crippen molar-refractivity contribution in [2.45, 2.75) is 38.7 Å². The van der Waals surface area contributed by atoms with Crippen LogP contribution in [0.5, 0.6) is 0 Å². The zero-order valence-corrected chi connectivity index (χ0v) is 21.0. The molecule has 0 bridgehead atoms. The van der Waals surface area contributed by atoms with Gasteiger partial charge in [0.05, 0.1) is 22.5 Å². The SMILES string of the molecule is CSNC(=O)c1ccccc1NC(C)c1cc(C)cc2c(=O)n(C)c(N3CCC(F)(F)CC3)nc12. The minimum Gasteiger partial charge on any atom is -0.378 e. The van der Waals surface area contributed by atoms with Crippen LogP contribution in [0.3, 0.4) is 0 Å². The first kappa shape index (κ1) is 25.0. The number of aryl methyl sites for hydroxylation is 1. The molecule has 35 heavy (non-hydrogen) atoms. The van der Waals surface area contributed by atoms with Crippen LogP contribution in [0.15, 0.2) is 41.2 Å². The van der Waals surface area contributed by atoms with Crippen LogP contribution in [0.2, 0.25) is 0 Å². The van der Waals surface area contributed by atoms with Crippen molar-refractivity contribution in [3.8, 4) is 0 Å². The molecule has 0 radical (unpaired) electrons. The van der Waals surface area contributed by atoms with E-state index in [2.05, 4.69) is 10.0 Å². The molecule has 2 aromatic carbocycles. The molecule has 0 spiro atoms. The number of piperidine rings is 1. The second-order valence-electron chi connectivity index (χ2n) is 8.92. The number of nitrogens with zero attached hydrogens (tertiary/aromatic N) is 3. The first-order chi connectivity index (χ1) is 16.6. The van der Waals surface area contributed by atoms with E-state index in [0.29, 0.717) is 28.1 Å². The molecular formula is C25H29F2N5O2S. The number of benzene rings is 2. The summed E-state index contributed by atoms with van der Waals surface area (Å²) in [6.45, 7) is 4.12. The lowest BCUT2D eigenvalue weighted by Crippen LogP contribution is -2.42. The Morgan fingerprint density at radius 1 is 1.20 bits per heavy atom. The van der Waals surface area contributed by atoms with Gasteiger partial charge < -0.3 is 10.2 Å². The summed E-state index contributed by atoms with van der Waals surface area (Å²) in [5, 5.41) is 3.87. The van der Waals surface area contributed by atoms with Gasteiger partial charge in [-0.15, -0.1) is 0 Å². The predicted molar refractivity (Wildman–Crippen MR) is 138 cm³/mol. The Kier molecular flexibility index (Phi) is 7.02. The smallest absolute Gasteiger partial charge is 0.263 e. The van der Waals surface area contributed by atoms with Gasteiger partial charge in [-0.25, -0.2) is 13.8 Å². The van der Waals surface area contributed by atoms with Gasteiger partial charge in [-0.3, -0.25) is 18.9 Å². The number of carbonyl (C=O) groups is 1. The average molecular weight is 502 g/mol. The van der Waals surface area contributed by atoms with Crippen molar-refractivity contribution >= 4 is 40.4 Å². The minimum atomic E-state index is -2.69. The Morgan fingerprint density at radius 2 is 1.89 bits per heavy atom. The van der Waals surface area contributed by atoms with Gasteiger partial charge in [0.15, 0.2) is 0 Å². The molecule has 1 fully saturated rings. The molecule has 1 aromatic heterocycles. The van der Waals surface area contributed by atoms with Crippen LogP contribution >= 0.6 is 11.9 Å². The van der Waals surface area contributed by atoms with Gasteiger partial charge in [0.2, 0.25) is 5.95 Å². The highest BCUT2D eigenvalue weighted by Crippen LogP contribution is 2.32. The number of aromatic nitrogens is 2. The Bertz CT molecular complexity index is 1320. The molecule has 1 saturated heterocycles. The van der Waals surface area contributed by atoms with E-state index in [-0.39, 0.29) is 43.4 Å². The van der Waals surface area contributed by atoms with Gasteiger partial charge in [0.1, 0.15) is 0 Å². The van der Waals surface area contributed by atoms with Crippen molar-refractivity contribution < 1.29 is 13.6 Å². The van der Waals surface area contributed by atoms with Crippen LogP contribution in [-0.2, 0) is 7.05 Å². The summed E-state index contributed by atoms with van der Waals surface area (Å²) >= 11 is 1.22. The Balaban J connectivity index is 1.76. The molecule has 0 saturated carbocycles. The summed E-state index contributed by atoms with van der Waals surface area (Å²) in [4.78, 5) is 32.4. The maximum atomic E-state index is 13.7. The van der Waals surface area contributed by atoms with Crippen LogP contribution in [0.4, 0.5) is 20.4 Å². The molecule has 1 aliphatic heterocycles. The maximum Gasteiger partial charge on any atom is 0.263 e. The normalized spacial score (nSPS) is 16.2. The quantitative estimate of drug-likeness (QED) is 0.479. The fraction of sp³-hybridized carbons (Fsp3) is 0.400. The zero-order valence-electron chi connectivity index (χ0n) is 20.2. The van der Waals surface area contributed by atoms with E-state index < -0.39 is 5.92 Å². The lowest BCUT2D eigenvalue weighted by molar-refractivity contribution is -0.0223. The molecule has 7 nitrogen and oxygen atoms in total. The largest absolute Gasteiger partial charge is 0.378 e. The van der Waals surface area contributed by atoms with Gasteiger partial charge in [0, 0.05) is 50.5 Å². The predicted octanol–water partition coefficient (Wildman–Crippen LogP) is 4.66. The van der Waals surface area contributed by atoms with E-state index in [1.807, 2.05) is 32.0 Å². The highest BCUT2D eigenvalue weighted by atomic mass is 32.2. The zero-order chi connectivity index (χ0) is 25.3. The molecule has 186 valence electrons. The van der Waals surface area contributed by atoms with E-state index in [0.717, 1.165) is 11.1 Å². The summed E-state index contributed by atoms with van der Waals surface area (Å²) in [6, 6.07) is 10.7. The first-order valence-corrected chi connectivity index (χ1v) is 12.7. The first-order valence-electron chi connectivity index (χ1n) is 11.4. The Morgan fingerprint density at radius 3 is 2.57 bits per heavy atom. The number of hydrogen-bond acceptors (Lipinski definition) is 6. The van der Waals surface area contributed by atoms with Crippen molar-refractivity contribution in [2.75, 3.05) is 29.6 Å². The second kappa shape index (κ2) is 9.85. The number of fused-ring (bicyclic) bond motifs is 1. The number of alkyl halides is 2. The van der Waals surface area contributed by atoms with Crippen LogP contribution < -0.4 is 20.5 Å². The van der Waals surface area contributed by atoms with Gasteiger partial charge in [-0.1, -0.05) is 30.1 Å².